The molecular weight excluding hydrogens is 305 g/mol. The zero-order chi connectivity index (χ0) is 15.9. The predicted octanol–water partition coefficient (Wildman–Crippen LogP) is 2.12. The van der Waals surface area contributed by atoms with Gasteiger partial charge in [0.2, 0.25) is 6.41 Å². The number of nitrogens with one attached hydrogen (secondary N) is 2. The summed E-state index contributed by atoms with van der Waals surface area (Å²) in [6.45, 7) is 2.77. The maximum Gasteiger partial charge on any atom is 0.263 e. The van der Waals surface area contributed by atoms with E-state index >= 15 is 0 Å². The molecule has 0 aliphatic heterocycles. The molecule has 1 heterocycles. The number of aromatic nitrogens is 1. The van der Waals surface area contributed by atoms with Crippen LogP contribution in [0.4, 0.5) is 4.39 Å². The summed E-state index contributed by atoms with van der Waals surface area (Å²) in [6, 6.07) is 6.01. The first-order valence-electron chi connectivity index (χ1n) is 6.80. The molecule has 7 heteroatoms. The monoisotopic (exact) mass is 321 g/mol. The second-order valence-electron chi connectivity index (χ2n) is 4.62. The Morgan fingerprint density at radius 3 is 2.73 bits per heavy atom. The van der Waals surface area contributed by atoms with Gasteiger partial charge in [0.15, 0.2) is 0 Å². The topological polar surface area (TPSA) is 71.1 Å². The predicted molar refractivity (Wildman–Crippen MR) is 83.3 cm³/mol. The van der Waals surface area contributed by atoms with Crippen molar-refractivity contribution in [1.82, 2.24) is 15.6 Å². The van der Waals surface area contributed by atoms with Crippen molar-refractivity contribution in [2.75, 3.05) is 13.1 Å². The molecule has 116 valence electrons. The van der Waals surface area contributed by atoms with Gasteiger partial charge < -0.3 is 10.6 Å². The molecular formula is C15H16FN3O2S. The lowest BCUT2D eigenvalue weighted by molar-refractivity contribution is -0.109. The minimum atomic E-state index is -0.307. The largest absolute Gasteiger partial charge is 0.359 e. The summed E-state index contributed by atoms with van der Waals surface area (Å²) in [7, 11) is 0. The van der Waals surface area contributed by atoms with Gasteiger partial charge in [-0.05, 0) is 37.6 Å². The molecule has 1 aromatic carbocycles. The molecule has 0 bridgehead atoms. The minimum Gasteiger partial charge on any atom is -0.359 e. The second-order valence-corrected chi connectivity index (χ2v) is 5.62. The first kappa shape index (κ1) is 16.1. The highest BCUT2D eigenvalue weighted by Gasteiger charge is 2.15. The molecule has 0 aliphatic carbocycles. The SMILES string of the molecule is Cc1nc(-c2ccc(F)cc2)sc1C(=O)NCCCNC=O. The average Bonchev–Trinajstić information content (AvgIpc) is 2.89. The highest BCUT2D eigenvalue weighted by Crippen LogP contribution is 2.27. The molecule has 0 unspecified atom stereocenters. The van der Waals surface area contributed by atoms with Gasteiger partial charge in [-0.3, -0.25) is 9.59 Å². The van der Waals surface area contributed by atoms with E-state index in [9.17, 15) is 14.0 Å². The summed E-state index contributed by atoms with van der Waals surface area (Å²) < 4.78 is 12.9. The number of hydrogen-bond acceptors (Lipinski definition) is 4. The van der Waals surface area contributed by atoms with Crippen molar-refractivity contribution in [3.63, 3.8) is 0 Å². The Bertz CT molecular complexity index is 655. The quantitative estimate of drug-likeness (QED) is 0.606. The Hall–Kier alpha value is -2.28. The molecule has 5 nitrogen and oxygen atoms in total. The van der Waals surface area contributed by atoms with E-state index in [1.165, 1.54) is 23.5 Å². The van der Waals surface area contributed by atoms with E-state index in [1.54, 1.807) is 19.1 Å². The molecule has 0 saturated heterocycles. The average molecular weight is 321 g/mol. The molecule has 2 rings (SSSR count). The zero-order valence-corrected chi connectivity index (χ0v) is 12.9. The number of halogens is 1. The Kier molecular flexibility index (Phi) is 5.60. The van der Waals surface area contributed by atoms with Gasteiger partial charge in [0, 0.05) is 18.7 Å². The van der Waals surface area contributed by atoms with E-state index in [0.717, 1.165) is 5.56 Å². The fraction of sp³-hybridized carbons (Fsp3) is 0.267. The highest BCUT2D eigenvalue weighted by molar-refractivity contribution is 7.17. The second kappa shape index (κ2) is 7.65. The number of rotatable bonds is 7. The third-order valence-electron chi connectivity index (χ3n) is 2.96. The third kappa shape index (κ3) is 4.11. The Morgan fingerprint density at radius 2 is 2.05 bits per heavy atom. The van der Waals surface area contributed by atoms with Crippen LogP contribution < -0.4 is 10.6 Å². The molecule has 0 aliphatic rings. The van der Waals surface area contributed by atoms with Crippen LogP contribution in [-0.2, 0) is 4.79 Å². The maximum absolute atomic E-state index is 12.9. The third-order valence-corrected chi connectivity index (χ3v) is 4.17. The molecule has 2 amide bonds. The van der Waals surface area contributed by atoms with Crippen LogP contribution in [-0.4, -0.2) is 30.4 Å². The van der Waals surface area contributed by atoms with Crippen molar-refractivity contribution < 1.29 is 14.0 Å². The number of aryl methyl sites for hydroxylation is 1. The van der Waals surface area contributed by atoms with E-state index in [-0.39, 0.29) is 11.7 Å². The number of thiazole rings is 1. The van der Waals surface area contributed by atoms with Crippen molar-refractivity contribution >= 4 is 23.7 Å². The lowest BCUT2D eigenvalue weighted by Crippen LogP contribution is -2.26. The maximum atomic E-state index is 12.9. The van der Waals surface area contributed by atoms with Gasteiger partial charge in [-0.15, -0.1) is 11.3 Å². The number of carbonyl (C=O) groups excluding carboxylic acids is 2. The van der Waals surface area contributed by atoms with Crippen LogP contribution in [0, 0.1) is 12.7 Å². The van der Waals surface area contributed by atoms with Gasteiger partial charge in [0.25, 0.3) is 5.91 Å². The Balaban J connectivity index is 2.01. The fourth-order valence-electron chi connectivity index (χ4n) is 1.85. The van der Waals surface area contributed by atoms with Crippen LogP contribution in [0.25, 0.3) is 10.6 Å². The number of amides is 2. The number of benzene rings is 1. The normalized spacial score (nSPS) is 10.3. The van der Waals surface area contributed by atoms with E-state index < -0.39 is 0 Å². The fourth-order valence-corrected chi connectivity index (χ4v) is 2.84. The van der Waals surface area contributed by atoms with E-state index in [2.05, 4.69) is 15.6 Å². The lowest BCUT2D eigenvalue weighted by Gasteiger charge is -2.03. The molecule has 22 heavy (non-hydrogen) atoms. The number of carbonyl (C=O) groups is 2. The van der Waals surface area contributed by atoms with E-state index in [1.807, 2.05) is 0 Å². The molecule has 0 atom stereocenters. The van der Waals surface area contributed by atoms with Gasteiger partial charge in [0.05, 0.1) is 5.69 Å². The highest BCUT2D eigenvalue weighted by atomic mass is 32.1. The smallest absolute Gasteiger partial charge is 0.263 e. The van der Waals surface area contributed by atoms with Crippen molar-refractivity contribution in [3.8, 4) is 10.6 Å². The first-order chi connectivity index (χ1) is 10.6. The van der Waals surface area contributed by atoms with Crippen LogP contribution >= 0.6 is 11.3 Å². The van der Waals surface area contributed by atoms with E-state index in [4.69, 9.17) is 0 Å². The molecule has 2 aromatic rings. The molecule has 1 aromatic heterocycles. The van der Waals surface area contributed by atoms with Crippen LogP contribution in [0.3, 0.4) is 0 Å². The van der Waals surface area contributed by atoms with Crippen molar-refractivity contribution in [3.05, 3.63) is 40.7 Å². The molecule has 0 spiro atoms. The molecule has 0 fully saturated rings. The zero-order valence-electron chi connectivity index (χ0n) is 12.1. The van der Waals surface area contributed by atoms with Crippen LogP contribution in [0.5, 0.6) is 0 Å². The van der Waals surface area contributed by atoms with Crippen molar-refractivity contribution in [1.29, 1.82) is 0 Å². The minimum absolute atomic E-state index is 0.186. The summed E-state index contributed by atoms with van der Waals surface area (Å²) in [5.74, 6) is -0.492. The number of hydrogen-bond donors (Lipinski definition) is 2. The van der Waals surface area contributed by atoms with Gasteiger partial charge in [-0.2, -0.15) is 0 Å². The molecule has 0 saturated carbocycles. The first-order valence-corrected chi connectivity index (χ1v) is 7.62. The van der Waals surface area contributed by atoms with E-state index in [0.29, 0.717) is 41.5 Å². The summed E-state index contributed by atoms with van der Waals surface area (Å²) in [5, 5.41) is 6.00. The van der Waals surface area contributed by atoms with Gasteiger partial charge in [-0.1, -0.05) is 0 Å². The summed E-state index contributed by atoms with van der Waals surface area (Å²) in [5.41, 5.74) is 1.43. The summed E-state index contributed by atoms with van der Waals surface area (Å²) in [4.78, 5) is 27.1. The van der Waals surface area contributed by atoms with Gasteiger partial charge in [0.1, 0.15) is 15.7 Å². The van der Waals surface area contributed by atoms with Gasteiger partial charge in [-0.25, -0.2) is 9.37 Å². The number of nitrogens with zero attached hydrogens (tertiary/aromatic N) is 1. The van der Waals surface area contributed by atoms with Crippen LogP contribution in [0.2, 0.25) is 0 Å². The van der Waals surface area contributed by atoms with Crippen LogP contribution in [0.1, 0.15) is 21.8 Å². The van der Waals surface area contributed by atoms with Crippen molar-refractivity contribution in [2.24, 2.45) is 0 Å². The Morgan fingerprint density at radius 1 is 1.32 bits per heavy atom. The van der Waals surface area contributed by atoms with Gasteiger partial charge >= 0.3 is 0 Å². The summed E-state index contributed by atoms with van der Waals surface area (Å²) in [6.07, 6.45) is 1.29. The Labute approximate surface area is 131 Å². The molecule has 0 radical (unpaired) electrons. The standard InChI is InChI=1S/C15H16FN3O2S/c1-10-13(14(21)18-8-2-7-17-9-20)22-15(19-10)11-3-5-12(16)6-4-11/h3-6,9H,2,7-8H2,1H3,(H,17,20)(H,18,21). The van der Waals surface area contributed by atoms with Crippen molar-refractivity contribution in [2.45, 2.75) is 13.3 Å². The summed E-state index contributed by atoms with van der Waals surface area (Å²) >= 11 is 1.28. The molecule has 2 N–H and O–H groups in total. The van der Waals surface area contributed by atoms with Crippen LogP contribution in [0.15, 0.2) is 24.3 Å². The lowest BCUT2D eigenvalue weighted by atomic mass is 10.2.